The topological polar surface area (TPSA) is 61.4 Å². The molecule has 0 aliphatic carbocycles. The summed E-state index contributed by atoms with van der Waals surface area (Å²) < 4.78 is 4.13. The van der Waals surface area contributed by atoms with Gasteiger partial charge >= 0.3 is 0 Å². The fourth-order valence-corrected chi connectivity index (χ4v) is 3.43. The average Bonchev–Trinajstić information content (AvgIpc) is 3.18. The average molecular weight is 342 g/mol. The highest BCUT2D eigenvalue weighted by Crippen LogP contribution is 2.31. The number of imidazole rings is 1. The van der Waals surface area contributed by atoms with E-state index in [1.54, 1.807) is 0 Å². The summed E-state index contributed by atoms with van der Waals surface area (Å²) in [5.41, 5.74) is 6.46. The van der Waals surface area contributed by atoms with Gasteiger partial charge in [-0.2, -0.15) is 5.10 Å². The highest BCUT2D eigenvalue weighted by molar-refractivity contribution is 5.69. The molecule has 0 bridgehead atoms. The summed E-state index contributed by atoms with van der Waals surface area (Å²) in [4.78, 5) is 13.7. The molecule has 1 aliphatic rings. The zero-order valence-corrected chi connectivity index (χ0v) is 14.7. The molecule has 0 saturated heterocycles. The van der Waals surface area contributed by atoms with Crippen LogP contribution in [-0.4, -0.2) is 29.3 Å². The Kier molecular flexibility index (Phi) is 3.25. The zero-order valence-electron chi connectivity index (χ0n) is 14.7. The van der Waals surface area contributed by atoms with Crippen LogP contribution in [0.25, 0.3) is 17.1 Å². The molecule has 5 rings (SSSR count). The number of pyridine rings is 1. The van der Waals surface area contributed by atoms with E-state index in [1.165, 1.54) is 0 Å². The van der Waals surface area contributed by atoms with Crippen LogP contribution in [0.1, 0.15) is 28.5 Å². The lowest BCUT2D eigenvalue weighted by atomic mass is 10.1. The van der Waals surface area contributed by atoms with Crippen molar-refractivity contribution in [2.45, 2.75) is 26.8 Å². The Morgan fingerprint density at radius 3 is 2.77 bits per heavy atom. The number of hydrogen-bond donors (Lipinski definition) is 0. The summed E-state index contributed by atoms with van der Waals surface area (Å²) in [6.45, 7) is 4.69. The van der Waals surface area contributed by atoms with Crippen LogP contribution in [0, 0.1) is 13.8 Å². The highest BCUT2D eigenvalue weighted by atomic mass is 15.4. The second kappa shape index (κ2) is 5.62. The summed E-state index contributed by atoms with van der Waals surface area (Å²) in [5, 5.41) is 4.78. The molecule has 0 radical (unpaired) electrons. The van der Waals surface area contributed by atoms with Crippen LogP contribution in [0.5, 0.6) is 0 Å². The second-order valence-electron chi connectivity index (χ2n) is 6.66. The minimum absolute atomic E-state index is 0.662. The van der Waals surface area contributed by atoms with E-state index >= 15 is 0 Å². The van der Waals surface area contributed by atoms with E-state index in [2.05, 4.69) is 32.7 Å². The predicted molar refractivity (Wildman–Crippen MR) is 98.2 cm³/mol. The lowest BCUT2D eigenvalue weighted by molar-refractivity contribution is 0.664. The molecule has 6 heteroatoms. The Hall–Kier alpha value is -3.28. The van der Waals surface area contributed by atoms with Gasteiger partial charge in [-0.15, -0.1) is 0 Å². The monoisotopic (exact) mass is 342 g/mol. The first-order valence-electron chi connectivity index (χ1n) is 8.67. The van der Waals surface area contributed by atoms with Crippen LogP contribution in [-0.2, 0) is 13.0 Å². The molecule has 26 heavy (non-hydrogen) atoms. The van der Waals surface area contributed by atoms with Crippen molar-refractivity contribution in [1.82, 2.24) is 29.3 Å². The highest BCUT2D eigenvalue weighted by Gasteiger charge is 2.23. The van der Waals surface area contributed by atoms with Gasteiger partial charge in [0.2, 0.25) is 0 Å². The molecule has 0 saturated carbocycles. The van der Waals surface area contributed by atoms with E-state index in [0.29, 0.717) is 13.0 Å². The normalized spacial score (nSPS) is 12.2. The van der Waals surface area contributed by atoms with Gasteiger partial charge in [-0.05, 0) is 37.6 Å². The van der Waals surface area contributed by atoms with E-state index in [1.807, 2.05) is 49.3 Å². The number of aryl methyl sites for hydroxylation is 2. The number of para-hydroxylation sites is 1. The summed E-state index contributed by atoms with van der Waals surface area (Å²) in [7, 11) is 0. The lowest BCUT2D eigenvalue weighted by Crippen LogP contribution is -2.06. The molecule has 0 N–H and O–H groups in total. The molecule has 6 nitrogen and oxygen atoms in total. The van der Waals surface area contributed by atoms with Crippen LogP contribution in [0.15, 0.2) is 48.9 Å². The van der Waals surface area contributed by atoms with E-state index < -0.39 is 0 Å². The molecule has 0 amide bonds. The fourth-order valence-electron chi connectivity index (χ4n) is 3.43. The summed E-state index contributed by atoms with van der Waals surface area (Å²) in [6.07, 6.45) is 4.46. The Bertz CT molecular complexity index is 1100. The van der Waals surface area contributed by atoms with Crippen LogP contribution in [0.3, 0.4) is 0 Å². The Labute approximate surface area is 151 Å². The largest absolute Gasteiger partial charge is 0.300 e. The van der Waals surface area contributed by atoms with Gasteiger partial charge in [0.25, 0.3) is 0 Å². The summed E-state index contributed by atoms with van der Waals surface area (Å²) >= 11 is 0. The van der Waals surface area contributed by atoms with Crippen molar-refractivity contribution in [3.8, 4) is 17.1 Å². The van der Waals surface area contributed by atoms with Crippen LogP contribution < -0.4 is 0 Å². The number of benzene rings is 1. The lowest BCUT2D eigenvalue weighted by Gasteiger charge is -2.07. The third-order valence-corrected chi connectivity index (χ3v) is 4.83. The van der Waals surface area contributed by atoms with Crippen molar-refractivity contribution in [2.75, 3.05) is 0 Å². The molecular formula is C20H18N6. The van der Waals surface area contributed by atoms with Crippen molar-refractivity contribution in [3.63, 3.8) is 0 Å². The quantitative estimate of drug-likeness (QED) is 0.495. The van der Waals surface area contributed by atoms with Gasteiger partial charge in [0, 0.05) is 23.9 Å². The molecule has 0 spiro atoms. The van der Waals surface area contributed by atoms with Gasteiger partial charge in [-0.25, -0.2) is 14.6 Å². The van der Waals surface area contributed by atoms with E-state index in [4.69, 9.17) is 10.1 Å². The van der Waals surface area contributed by atoms with Crippen molar-refractivity contribution < 1.29 is 0 Å². The Balaban J connectivity index is 1.62. The molecule has 0 unspecified atom stereocenters. The molecule has 1 aromatic carbocycles. The third kappa shape index (κ3) is 2.34. The smallest absolute Gasteiger partial charge is 0.160 e. The van der Waals surface area contributed by atoms with Crippen molar-refractivity contribution in [2.24, 2.45) is 0 Å². The van der Waals surface area contributed by atoms with E-state index in [0.717, 1.165) is 45.5 Å². The molecule has 0 fully saturated rings. The van der Waals surface area contributed by atoms with Gasteiger partial charge in [-0.3, -0.25) is 4.98 Å². The predicted octanol–water partition coefficient (Wildman–Crippen LogP) is 3.10. The number of aromatic nitrogens is 6. The number of rotatable bonds is 2. The molecule has 4 aromatic rings. The van der Waals surface area contributed by atoms with Crippen LogP contribution in [0.2, 0.25) is 0 Å². The molecule has 4 heterocycles. The number of nitrogens with zero attached hydrogens (tertiary/aromatic N) is 6. The molecule has 3 aromatic heterocycles. The minimum Gasteiger partial charge on any atom is -0.300 e. The second-order valence-corrected chi connectivity index (χ2v) is 6.66. The first kappa shape index (κ1) is 15.0. The maximum atomic E-state index is 4.85. The van der Waals surface area contributed by atoms with Gasteiger partial charge in [-0.1, -0.05) is 18.2 Å². The van der Waals surface area contributed by atoms with Gasteiger partial charge < -0.3 is 4.57 Å². The maximum Gasteiger partial charge on any atom is 0.160 e. The standard InChI is InChI=1S/C20H18N6/c1-13-7-8-15(10-21-13)9-19-23-20-16-5-3-4-6-17(16)25-12-22-14(2)18(25)11-26(20)24-19/h3-8,10,12H,9,11H2,1-2H3. The van der Waals surface area contributed by atoms with Gasteiger partial charge in [0.1, 0.15) is 0 Å². The minimum atomic E-state index is 0.662. The Morgan fingerprint density at radius 2 is 1.92 bits per heavy atom. The third-order valence-electron chi connectivity index (χ3n) is 4.83. The molecular weight excluding hydrogens is 324 g/mol. The van der Waals surface area contributed by atoms with Gasteiger partial charge in [0.05, 0.1) is 29.9 Å². The summed E-state index contributed by atoms with van der Waals surface area (Å²) in [6, 6.07) is 12.4. The number of fused-ring (bicyclic) bond motifs is 5. The molecule has 0 atom stereocenters. The first-order valence-corrected chi connectivity index (χ1v) is 8.67. The van der Waals surface area contributed by atoms with Gasteiger partial charge in [0.15, 0.2) is 11.6 Å². The Morgan fingerprint density at radius 1 is 1.04 bits per heavy atom. The van der Waals surface area contributed by atoms with E-state index in [9.17, 15) is 0 Å². The zero-order chi connectivity index (χ0) is 17.7. The van der Waals surface area contributed by atoms with Crippen LogP contribution in [0.4, 0.5) is 0 Å². The van der Waals surface area contributed by atoms with Crippen molar-refractivity contribution >= 4 is 0 Å². The summed E-state index contributed by atoms with van der Waals surface area (Å²) in [5.74, 6) is 1.71. The van der Waals surface area contributed by atoms with Crippen molar-refractivity contribution in [3.05, 3.63) is 77.4 Å². The number of hydrogen-bond acceptors (Lipinski definition) is 4. The molecule has 1 aliphatic heterocycles. The fraction of sp³-hybridized carbons (Fsp3) is 0.200. The SMILES string of the molecule is Cc1ccc(Cc2nc3n(n2)Cc2c(C)ncn2-c2ccccc2-3)cn1. The van der Waals surface area contributed by atoms with Crippen molar-refractivity contribution in [1.29, 1.82) is 0 Å². The van der Waals surface area contributed by atoms with E-state index in [-0.39, 0.29) is 0 Å². The maximum absolute atomic E-state index is 4.85. The molecule has 128 valence electrons. The first-order chi connectivity index (χ1) is 12.7. The van der Waals surface area contributed by atoms with Crippen LogP contribution >= 0.6 is 0 Å².